The molecule has 0 saturated carbocycles. The number of hydrogen-bond acceptors (Lipinski definition) is 1. The Kier molecular flexibility index (Phi) is 2.84. The van der Waals surface area contributed by atoms with E-state index in [1.54, 1.807) is 6.92 Å². The summed E-state index contributed by atoms with van der Waals surface area (Å²) in [6.07, 6.45) is 11.7. The lowest BCUT2D eigenvalue weighted by atomic mass is 10.2. The van der Waals surface area contributed by atoms with E-state index in [-0.39, 0.29) is 5.78 Å². The van der Waals surface area contributed by atoms with Crippen molar-refractivity contribution in [2.45, 2.75) is 19.8 Å². The lowest BCUT2D eigenvalue weighted by Gasteiger charge is -1.90. The summed E-state index contributed by atoms with van der Waals surface area (Å²) in [5.74, 6) is 0.257. The lowest BCUT2D eigenvalue weighted by Crippen LogP contribution is -1.86. The Morgan fingerprint density at radius 2 is 2.09 bits per heavy atom. The minimum absolute atomic E-state index is 0.257. The predicted molar refractivity (Wildman–Crippen MR) is 46.3 cm³/mol. The zero-order chi connectivity index (χ0) is 8.10. The molecular formula is C10H12O. The third kappa shape index (κ3) is 2.99. The van der Waals surface area contributed by atoms with E-state index in [0.29, 0.717) is 6.42 Å². The minimum atomic E-state index is 0.257. The summed E-state index contributed by atoms with van der Waals surface area (Å²) < 4.78 is 0. The highest BCUT2D eigenvalue weighted by atomic mass is 16.1. The van der Waals surface area contributed by atoms with Crippen molar-refractivity contribution in [1.29, 1.82) is 0 Å². The molecule has 0 aromatic carbocycles. The van der Waals surface area contributed by atoms with Gasteiger partial charge in [-0.2, -0.15) is 0 Å². The molecule has 0 radical (unpaired) electrons. The molecule has 0 amide bonds. The number of rotatable bonds is 3. The first-order chi connectivity index (χ1) is 5.29. The summed E-state index contributed by atoms with van der Waals surface area (Å²) in [4.78, 5) is 10.6. The molecule has 0 heterocycles. The van der Waals surface area contributed by atoms with Crippen molar-refractivity contribution >= 4 is 5.78 Å². The summed E-state index contributed by atoms with van der Waals surface area (Å²) >= 11 is 0. The van der Waals surface area contributed by atoms with Gasteiger partial charge >= 0.3 is 0 Å². The Morgan fingerprint density at radius 1 is 1.45 bits per heavy atom. The van der Waals surface area contributed by atoms with Crippen LogP contribution in [-0.4, -0.2) is 5.78 Å². The van der Waals surface area contributed by atoms with Gasteiger partial charge in [-0.05, 0) is 18.9 Å². The fourth-order valence-electron chi connectivity index (χ4n) is 0.967. The first-order valence-corrected chi connectivity index (χ1v) is 3.83. The predicted octanol–water partition coefficient (Wildman–Crippen LogP) is 2.41. The van der Waals surface area contributed by atoms with Gasteiger partial charge in [0.15, 0.2) is 0 Å². The number of allylic oxidation sites excluding steroid dienone is 6. The quantitative estimate of drug-likeness (QED) is 0.600. The summed E-state index contributed by atoms with van der Waals surface area (Å²) in [6, 6.07) is 0. The lowest BCUT2D eigenvalue weighted by molar-refractivity contribution is -0.116. The Labute approximate surface area is 67.1 Å². The maximum Gasteiger partial charge on any atom is 0.130 e. The Bertz CT molecular complexity index is 217. The Morgan fingerprint density at radius 3 is 2.64 bits per heavy atom. The fourth-order valence-corrected chi connectivity index (χ4v) is 0.967. The van der Waals surface area contributed by atoms with Crippen molar-refractivity contribution in [3.05, 3.63) is 36.0 Å². The molecule has 11 heavy (non-hydrogen) atoms. The van der Waals surface area contributed by atoms with Crippen LogP contribution in [0.1, 0.15) is 19.8 Å². The molecule has 0 aromatic heterocycles. The average molecular weight is 148 g/mol. The number of ketones is 1. The van der Waals surface area contributed by atoms with E-state index >= 15 is 0 Å². The van der Waals surface area contributed by atoms with Gasteiger partial charge in [0.1, 0.15) is 5.78 Å². The summed E-state index contributed by atoms with van der Waals surface area (Å²) in [7, 11) is 0. The molecular weight excluding hydrogens is 136 g/mol. The van der Waals surface area contributed by atoms with Crippen LogP contribution in [0, 0.1) is 0 Å². The van der Waals surface area contributed by atoms with Crippen molar-refractivity contribution in [3.8, 4) is 0 Å². The number of carbonyl (C=O) groups excluding carboxylic acids is 1. The molecule has 0 saturated heterocycles. The largest absolute Gasteiger partial charge is 0.300 e. The van der Waals surface area contributed by atoms with Crippen molar-refractivity contribution in [1.82, 2.24) is 0 Å². The van der Waals surface area contributed by atoms with Crippen molar-refractivity contribution in [3.63, 3.8) is 0 Å². The molecule has 0 atom stereocenters. The van der Waals surface area contributed by atoms with Gasteiger partial charge in [-0.1, -0.05) is 30.4 Å². The monoisotopic (exact) mass is 148 g/mol. The van der Waals surface area contributed by atoms with E-state index in [4.69, 9.17) is 0 Å². The van der Waals surface area contributed by atoms with Crippen LogP contribution in [0.3, 0.4) is 0 Å². The summed E-state index contributed by atoms with van der Waals surface area (Å²) in [6.45, 7) is 1.62. The minimum Gasteiger partial charge on any atom is -0.300 e. The Hall–Kier alpha value is -1.11. The molecule has 1 heteroatoms. The third-order valence-electron chi connectivity index (χ3n) is 1.56. The molecule has 0 aromatic rings. The zero-order valence-corrected chi connectivity index (χ0v) is 6.71. The second-order valence-electron chi connectivity index (χ2n) is 2.66. The maximum absolute atomic E-state index is 10.6. The van der Waals surface area contributed by atoms with Gasteiger partial charge in [0.05, 0.1) is 0 Å². The molecule has 1 aliphatic carbocycles. The summed E-state index contributed by atoms with van der Waals surface area (Å²) in [5, 5.41) is 0. The highest BCUT2D eigenvalue weighted by Crippen LogP contribution is 2.08. The second-order valence-corrected chi connectivity index (χ2v) is 2.66. The van der Waals surface area contributed by atoms with Gasteiger partial charge in [-0.15, -0.1) is 0 Å². The molecule has 0 spiro atoms. The molecule has 1 rings (SSSR count). The average Bonchev–Trinajstić information content (AvgIpc) is 2.39. The third-order valence-corrected chi connectivity index (χ3v) is 1.56. The van der Waals surface area contributed by atoms with Gasteiger partial charge in [0.2, 0.25) is 0 Å². The topological polar surface area (TPSA) is 17.1 Å². The zero-order valence-electron chi connectivity index (χ0n) is 6.71. The van der Waals surface area contributed by atoms with Crippen molar-refractivity contribution < 1.29 is 4.79 Å². The molecule has 1 nitrogen and oxygen atoms in total. The second kappa shape index (κ2) is 3.91. The van der Waals surface area contributed by atoms with E-state index in [2.05, 4.69) is 6.08 Å². The first-order valence-electron chi connectivity index (χ1n) is 3.83. The van der Waals surface area contributed by atoms with Gasteiger partial charge in [0.25, 0.3) is 0 Å². The summed E-state index contributed by atoms with van der Waals surface area (Å²) in [5.41, 5.74) is 1.21. The van der Waals surface area contributed by atoms with Crippen molar-refractivity contribution in [2.75, 3.05) is 0 Å². The molecule has 0 unspecified atom stereocenters. The van der Waals surface area contributed by atoms with Gasteiger partial charge in [-0.25, -0.2) is 0 Å². The van der Waals surface area contributed by atoms with Crippen LogP contribution in [0.5, 0.6) is 0 Å². The van der Waals surface area contributed by atoms with Crippen LogP contribution in [0.15, 0.2) is 36.0 Å². The highest BCUT2D eigenvalue weighted by molar-refractivity contribution is 5.75. The highest BCUT2D eigenvalue weighted by Gasteiger charge is 1.92. The standard InChI is InChI=1S/C10H12O/c1-9(11)5-4-8-10-6-2-3-7-10/h2-3,6-8H,4-5H2,1H3. The smallest absolute Gasteiger partial charge is 0.130 e. The van der Waals surface area contributed by atoms with E-state index in [1.807, 2.05) is 24.3 Å². The van der Waals surface area contributed by atoms with Crippen LogP contribution >= 0.6 is 0 Å². The molecule has 0 N–H and O–H groups in total. The normalized spacial score (nSPS) is 14.1. The van der Waals surface area contributed by atoms with Crippen LogP contribution in [0.25, 0.3) is 0 Å². The number of Topliss-reactive ketones (excluding diaryl/α,β-unsaturated/α-hetero) is 1. The van der Waals surface area contributed by atoms with Gasteiger partial charge < -0.3 is 4.79 Å². The number of hydrogen-bond donors (Lipinski definition) is 0. The molecule has 58 valence electrons. The SMILES string of the molecule is CC(=O)CCC=C1C=CC=C1. The van der Waals surface area contributed by atoms with E-state index < -0.39 is 0 Å². The van der Waals surface area contributed by atoms with E-state index in [9.17, 15) is 4.79 Å². The Balaban J connectivity index is 2.30. The van der Waals surface area contributed by atoms with Crippen LogP contribution < -0.4 is 0 Å². The van der Waals surface area contributed by atoms with E-state index in [0.717, 1.165) is 6.42 Å². The molecule has 0 fully saturated rings. The van der Waals surface area contributed by atoms with Crippen LogP contribution in [-0.2, 0) is 4.79 Å². The van der Waals surface area contributed by atoms with Gasteiger partial charge in [-0.3, -0.25) is 0 Å². The van der Waals surface area contributed by atoms with Crippen molar-refractivity contribution in [2.24, 2.45) is 0 Å². The first kappa shape index (κ1) is 7.99. The number of carbonyl (C=O) groups is 1. The molecule has 1 aliphatic rings. The molecule has 0 aliphatic heterocycles. The maximum atomic E-state index is 10.6. The van der Waals surface area contributed by atoms with E-state index in [1.165, 1.54) is 5.57 Å². The molecule has 0 bridgehead atoms. The van der Waals surface area contributed by atoms with Crippen LogP contribution in [0.4, 0.5) is 0 Å². The van der Waals surface area contributed by atoms with Gasteiger partial charge in [0, 0.05) is 6.42 Å². The fraction of sp³-hybridized carbons (Fsp3) is 0.300. The van der Waals surface area contributed by atoms with Crippen LogP contribution in [0.2, 0.25) is 0 Å².